The topological polar surface area (TPSA) is 118 Å². The fourth-order valence-electron chi connectivity index (χ4n) is 4.50. The van der Waals surface area contributed by atoms with Gasteiger partial charge in [-0.15, -0.1) is 0 Å². The SMILES string of the molecule is Cc1nn(CC(=O)N[C@@]2(C)CCS(=O)(=O)C2)c(C)c1S(=O)(=O)N1CCc2ccccc21. The van der Waals surface area contributed by atoms with Gasteiger partial charge in [0.05, 0.1) is 34.1 Å². The van der Waals surface area contributed by atoms with Crippen LogP contribution in [0.3, 0.4) is 0 Å². The average molecular weight is 467 g/mol. The third-order valence-corrected chi connectivity index (χ3v) is 9.91. The lowest BCUT2D eigenvalue weighted by molar-refractivity contribution is -0.123. The summed E-state index contributed by atoms with van der Waals surface area (Å²) in [5, 5.41) is 7.08. The van der Waals surface area contributed by atoms with Crippen LogP contribution in [0, 0.1) is 13.8 Å². The molecule has 3 heterocycles. The van der Waals surface area contributed by atoms with Gasteiger partial charge in [0.2, 0.25) is 5.91 Å². The Morgan fingerprint density at radius 3 is 2.65 bits per heavy atom. The molecule has 4 rings (SSSR count). The molecule has 1 fully saturated rings. The molecule has 1 N–H and O–H groups in total. The van der Waals surface area contributed by atoms with Crippen molar-refractivity contribution in [2.24, 2.45) is 0 Å². The van der Waals surface area contributed by atoms with Crippen LogP contribution in [0.1, 0.15) is 30.3 Å². The summed E-state index contributed by atoms with van der Waals surface area (Å²) in [6.45, 7) is 5.12. The van der Waals surface area contributed by atoms with Crippen LogP contribution in [0.5, 0.6) is 0 Å². The smallest absolute Gasteiger partial charge is 0.268 e. The van der Waals surface area contributed by atoms with Crippen molar-refractivity contribution < 1.29 is 21.6 Å². The van der Waals surface area contributed by atoms with Gasteiger partial charge in [0.1, 0.15) is 11.4 Å². The molecule has 1 saturated heterocycles. The van der Waals surface area contributed by atoms with E-state index in [4.69, 9.17) is 0 Å². The van der Waals surface area contributed by atoms with Crippen LogP contribution in [-0.4, -0.2) is 56.1 Å². The maximum atomic E-state index is 13.4. The molecule has 1 aromatic heterocycles. The number of fused-ring (bicyclic) bond motifs is 1. The van der Waals surface area contributed by atoms with Crippen LogP contribution >= 0.6 is 0 Å². The van der Waals surface area contributed by atoms with Gasteiger partial charge in [-0.25, -0.2) is 16.8 Å². The molecule has 2 aliphatic heterocycles. The van der Waals surface area contributed by atoms with Crippen molar-refractivity contribution >= 4 is 31.5 Å². The zero-order valence-electron chi connectivity index (χ0n) is 17.8. The Balaban J connectivity index is 1.58. The molecular formula is C20H26N4O5S2. The Morgan fingerprint density at radius 2 is 1.97 bits per heavy atom. The molecule has 168 valence electrons. The maximum Gasteiger partial charge on any atom is 0.268 e. The van der Waals surface area contributed by atoms with Crippen molar-refractivity contribution in [2.45, 2.75) is 50.6 Å². The lowest BCUT2D eigenvalue weighted by Gasteiger charge is -2.24. The van der Waals surface area contributed by atoms with Crippen molar-refractivity contribution in [3.05, 3.63) is 41.2 Å². The predicted molar refractivity (Wildman–Crippen MR) is 116 cm³/mol. The molecule has 0 saturated carbocycles. The second-order valence-corrected chi connectivity index (χ2v) is 12.5. The number of amides is 1. The van der Waals surface area contributed by atoms with Gasteiger partial charge in [0.15, 0.2) is 9.84 Å². The number of sulfone groups is 1. The van der Waals surface area contributed by atoms with E-state index in [-0.39, 0.29) is 22.9 Å². The third kappa shape index (κ3) is 3.96. The van der Waals surface area contributed by atoms with E-state index in [0.717, 1.165) is 5.56 Å². The van der Waals surface area contributed by atoms with E-state index in [1.165, 1.54) is 8.99 Å². The third-order valence-electron chi connectivity index (χ3n) is 5.95. The first-order chi connectivity index (χ1) is 14.4. The van der Waals surface area contributed by atoms with E-state index in [0.29, 0.717) is 36.5 Å². The molecule has 1 aromatic carbocycles. The average Bonchev–Trinajstić information content (AvgIpc) is 3.29. The van der Waals surface area contributed by atoms with E-state index in [1.807, 2.05) is 18.2 Å². The summed E-state index contributed by atoms with van der Waals surface area (Å²) in [4.78, 5) is 12.7. The van der Waals surface area contributed by atoms with Crippen LogP contribution < -0.4 is 9.62 Å². The monoisotopic (exact) mass is 466 g/mol. The van der Waals surface area contributed by atoms with Gasteiger partial charge in [-0.2, -0.15) is 5.10 Å². The van der Waals surface area contributed by atoms with Crippen molar-refractivity contribution in [1.29, 1.82) is 0 Å². The first-order valence-corrected chi connectivity index (χ1v) is 13.3. The van der Waals surface area contributed by atoms with Crippen molar-refractivity contribution in [3.8, 4) is 0 Å². The molecule has 0 spiro atoms. The Bertz CT molecular complexity index is 1270. The Labute approximate surface area is 182 Å². The van der Waals surface area contributed by atoms with Crippen molar-refractivity contribution in [1.82, 2.24) is 15.1 Å². The van der Waals surface area contributed by atoms with Gasteiger partial charge in [0.25, 0.3) is 10.0 Å². The summed E-state index contributed by atoms with van der Waals surface area (Å²) < 4.78 is 53.2. The summed E-state index contributed by atoms with van der Waals surface area (Å²) in [7, 11) is -7.00. The number of nitrogens with one attached hydrogen (secondary N) is 1. The van der Waals surface area contributed by atoms with Gasteiger partial charge < -0.3 is 5.32 Å². The largest absolute Gasteiger partial charge is 0.348 e. The van der Waals surface area contributed by atoms with Gasteiger partial charge in [-0.3, -0.25) is 13.8 Å². The fraction of sp³-hybridized carbons (Fsp3) is 0.500. The van der Waals surface area contributed by atoms with Gasteiger partial charge in [0, 0.05) is 6.54 Å². The van der Waals surface area contributed by atoms with Crippen LogP contribution in [0.2, 0.25) is 0 Å². The number of nitrogens with zero attached hydrogens (tertiary/aromatic N) is 3. The lowest BCUT2D eigenvalue weighted by Crippen LogP contribution is -2.48. The Morgan fingerprint density at radius 1 is 1.26 bits per heavy atom. The first kappa shape index (κ1) is 21.8. The molecular weight excluding hydrogens is 440 g/mol. The van der Waals surface area contributed by atoms with Crippen LogP contribution in [0.4, 0.5) is 5.69 Å². The Kier molecular flexibility index (Phi) is 5.16. The molecule has 0 aliphatic carbocycles. The quantitative estimate of drug-likeness (QED) is 0.701. The van der Waals surface area contributed by atoms with E-state index >= 15 is 0 Å². The lowest BCUT2D eigenvalue weighted by atomic mass is 10.0. The van der Waals surface area contributed by atoms with Crippen molar-refractivity contribution in [3.63, 3.8) is 0 Å². The highest BCUT2D eigenvalue weighted by molar-refractivity contribution is 7.93. The highest BCUT2D eigenvalue weighted by Crippen LogP contribution is 2.34. The molecule has 1 amide bonds. The minimum absolute atomic E-state index is 0.0450. The fourth-order valence-corrected chi connectivity index (χ4v) is 8.47. The zero-order valence-corrected chi connectivity index (χ0v) is 19.4. The molecule has 31 heavy (non-hydrogen) atoms. The summed E-state index contributed by atoms with van der Waals surface area (Å²) >= 11 is 0. The summed E-state index contributed by atoms with van der Waals surface area (Å²) in [5.41, 5.74) is 1.53. The highest BCUT2D eigenvalue weighted by Gasteiger charge is 2.40. The van der Waals surface area contributed by atoms with Crippen molar-refractivity contribution in [2.75, 3.05) is 22.4 Å². The summed E-state index contributed by atoms with van der Waals surface area (Å²) in [5.74, 6) is -0.457. The second-order valence-electron chi connectivity index (χ2n) is 8.56. The van der Waals surface area contributed by atoms with Crippen LogP contribution in [-0.2, 0) is 37.6 Å². The molecule has 2 aliphatic rings. The van der Waals surface area contributed by atoms with Crippen LogP contribution in [0.25, 0.3) is 0 Å². The number of para-hydroxylation sites is 1. The number of aryl methyl sites for hydroxylation is 1. The van der Waals surface area contributed by atoms with E-state index in [9.17, 15) is 21.6 Å². The highest BCUT2D eigenvalue weighted by atomic mass is 32.2. The van der Waals surface area contributed by atoms with E-state index in [2.05, 4.69) is 10.4 Å². The predicted octanol–water partition coefficient (Wildman–Crippen LogP) is 0.945. The number of carbonyl (C=O) groups is 1. The number of rotatable bonds is 5. The normalized spacial score (nSPS) is 22.5. The number of sulfonamides is 1. The molecule has 0 bridgehead atoms. The molecule has 1 atom stereocenters. The number of hydrogen-bond donors (Lipinski definition) is 1. The number of anilines is 1. The Hall–Kier alpha value is -2.40. The first-order valence-electron chi connectivity index (χ1n) is 10.1. The maximum absolute atomic E-state index is 13.4. The number of hydrogen-bond acceptors (Lipinski definition) is 6. The van der Waals surface area contributed by atoms with E-state index < -0.39 is 31.3 Å². The second kappa shape index (κ2) is 7.33. The van der Waals surface area contributed by atoms with E-state index in [1.54, 1.807) is 26.8 Å². The minimum atomic E-state index is -3.84. The summed E-state index contributed by atoms with van der Waals surface area (Å²) in [6, 6.07) is 7.41. The number of carbonyl (C=O) groups excluding carboxylic acids is 1. The minimum Gasteiger partial charge on any atom is -0.348 e. The standard InChI is InChI=1S/C20H26N4O5S2/c1-14-19(31(28,29)24-10-8-16-6-4-5-7-17(16)24)15(2)23(22-14)12-18(25)21-20(3)9-11-30(26,27)13-20/h4-7H,8-13H2,1-3H3,(H,21,25)/t20-/m0/s1. The molecule has 0 radical (unpaired) electrons. The van der Waals surface area contributed by atoms with Gasteiger partial charge in [-0.05, 0) is 45.2 Å². The number of benzene rings is 1. The number of aromatic nitrogens is 2. The molecule has 0 unspecified atom stereocenters. The van der Waals surface area contributed by atoms with Crippen LogP contribution in [0.15, 0.2) is 29.2 Å². The molecule has 9 nitrogen and oxygen atoms in total. The molecule has 11 heteroatoms. The van der Waals surface area contributed by atoms with Gasteiger partial charge in [-0.1, -0.05) is 18.2 Å². The zero-order chi connectivity index (χ0) is 22.6. The summed E-state index contributed by atoms with van der Waals surface area (Å²) in [6.07, 6.45) is 0.998. The van der Waals surface area contributed by atoms with Gasteiger partial charge >= 0.3 is 0 Å². The molecule has 2 aromatic rings.